The van der Waals surface area contributed by atoms with Gasteiger partial charge in [0.15, 0.2) is 0 Å². The molecule has 0 amide bonds. The molecule has 1 aromatic heterocycles. The summed E-state index contributed by atoms with van der Waals surface area (Å²) in [6.07, 6.45) is 10.2. The topological polar surface area (TPSA) is 29.9 Å². The quantitative estimate of drug-likeness (QED) is 0.826. The van der Waals surface area contributed by atoms with E-state index in [-0.39, 0.29) is 0 Å². The maximum atomic E-state index is 4.63. The van der Waals surface area contributed by atoms with Crippen LogP contribution in [0.1, 0.15) is 58.1 Å². The highest BCUT2D eigenvalue weighted by atomic mass is 15.2. The lowest BCUT2D eigenvalue weighted by Crippen LogP contribution is -2.25. The Morgan fingerprint density at radius 1 is 1.44 bits per heavy atom. The van der Waals surface area contributed by atoms with E-state index in [1.165, 1.54) is 38.5 Å². The van der Waals surface area contributed by atoms with Gasteiger partial charge in [0.05, 0.1) is 5.69 Å². The fraction of sp³-hybridized carbons (Fsp3) is 0.800. The zero-order valence-electron chi connectivity index (χ0n) is 12.1. The average molecular weight is 249 g/mol. The van der Waals surface area contributed by atoms with Crippen molar-refractivity contribution in [3.8, 4) is 0 Å². The van der Waals surface area contributed by atoms with Crippen molar-refractivity contribution in [2.45, 2.75) is 71.9 Å². The summed E-state index contributed by atoms with van der Waals surface area (Å²) < 4.78 is 2.28. The van der Waals surface area contributed by atoms with E-state index in [4.69, 9.17) is 0 Å². The number of aromatic nitrogens is 2. The Kier molecular flexibility index (Phi) is 4.67. The molecule has 18 heavy (non-hydrogen) atoms. The highest BCUT2D eigenvalue weighted by Crippen LogP contribution is 2.29. The number of anilines is 1. The molecule has 3 heteroatoms. The van der Waals surface area contributed by atoms with E-state index in [1.54, 1.807) is 0 Å². The number of rotatable bonds is 6. The minimum absolute atomic E-state index is 0.551. The molecule has 1 fully saturated rings. The van der Waals surface area contributed by atoms with Gasteiger partial charge in [-0.1, -0.05) is 26.2 Å². The number of nitrogens with zero attached hydrogens (tertiary/aromatic N) is 2. The fourth-order valence-corrected chi connectivity index (χ4v) is 2.94. The number of aryl methyl sites for hydroxylation is 2. The van der Waals surface area contributed by atoms with Crippen LogP contribution in [0.3, 0.4) is 0 Å². The highest BCUT2D eigenvalue weighted by Gasteiger charge is 2.22. The van der Waals surface area contributed by atoms with E-state index < -0.39 is 0 Å². The van der Waals surface area contributed by atoms with Crippen LogP contribution in [0, 0.1) is 12.8 Å². The lowest BCUT2D eigenvalue weighted by atomic mass is 10.0. The Morgan fingerprint density at radius 2 is 2.17 bits per heavy atom. The largest absolute Gasteiger partial charge is 0.353 e. The van der Waals surface area contributed by atoms with Gasteiger partial charge >= 0.3 is 0 Å². The van der Waals surface area contributed by atoms with Crippen molar-refractivity contribution in [3.63, 3.8) is 0 Å². The van der Waals surface area contributed by atoms with Gasteiger partial charge in [-0.3, -0.25) is 0 Å². The van der Waals surface area contributed by atoms with Crippen molar-refractivity contribution in [2.24, 2.45) is 5.92 Å². The van der Waals surface area contributed by atoms with Crippen molar-refractivity contribution >= 4 is 5.95 Å². The predicted octanol–water partition coefficient (Wildman–Crippen LogP) is 3.98. The van der Waals surface area contributed by atoms with Crippen molar-refractivity contribution in [2.75, 3.05) is 5.32 Å². The van der Waals surface area contributed by atoms with Crippen molar-refractivity contribution in [1.29, 1.82) is 0 Å². The Morgan fingerprint density at radius 3 is 2.83 bits per heavy atom. The Labute approximate surface area is 111 Å². The molecule has 0 aliphatic heterocycles. The number of hydrogen-bond donors (Lipinski definition) is 1. The number of unbranched alkanes of at least 4 members (excludes halogenated alkanes) is 1. The zero-order valence-corrected chi connectivity index (χ0v) is 12.1. The average Bonchev–Trinajstić information content (AvgIpc) is 2.96. The second kappa shape index (κ2) is 6.26. The third kappa shape index (κ3) is 3.27. The van der Waals surface area contributed by atoms with Gasteiger partial charge in [0.25, 0.3) is 0 Å². The highest BCUT2D eigenvalue weighted by molar-refractivity contribution is 5.30. The smallest absolute Gasteiger partial charge is 0.203 e. The van der Waals surface area contributed by atoms with Crippen LogP contribution >= 0.6 is 0 Å². The van der Waals surface area contributed by atoms with Crippen LogP contribution in [-0.4, -0.2) is 15.6 Å². The zero-order chi connectivity index (χ0) is 13.0. The van der Waals surface area contributed by atoms with Gasteiger partial charge in [-0.05, 0) is 39.0 Å². The van der Waals surface area contributed by atoms with Gasteiger partial charge in [0.2, 0.25) is 5.95 Å². The molecule has 2 rings (SSSR count). The van der Waals surface area contributed by atoms with Crippen LogP contribution in [0.5, 0.6) is 0 Å². The molecule has 1 atom stereocenters. The van der Waals surface area contributed by atoms with E-state index in [9.17, 15) is 0 Å². The molecule has 1 aliphatic carbocycles. The molecule has 102 valence electrons. The number of imidazole rings is 1. The summed E-state index contributed by atoms with van der Waals surface area (Å²) in [4.78, 5) is 4.63. The summed E-state index contributed by atoms with van der Waals surface area (Å²) >= 11 is 0. The minimum Gasteiger partial charge on any atom is -0.353 e. The standard InChI is InChI=1S/C15H27N3/c1-4-5-10-18-11-12(2)16-15(18)17-13(3)14-8-6-7-9-14/h11,13-14H,4-10H2,1-3H3,(H,16,17). The fourth-order valence-electron chi connectivity index (χ4n) is 2.94. The molecule has 1 aromatic rings. The normalized spacial score (nSPS) is 18.2. The van der Waals surface area contributed by atoms with Crippen molar-refractivity contribution < 1.29 is 0 Å². The van der Waals surface area contributed by atoms with Gasteiger partial charge in [-0.2, -0.15) is 0 Å². The van der Waals surface area contributed by atoms with E-state index in [2.05, 4.69) is 41.8 Å². The van der Waals surface area contributed by atoms with Gasteiger partial charge < -0.3 is 9.88 Å². The molecule has 0 aromatic carbocycles. The molecule has 0 saturated heterocycles. The monoisotopic (exact) mass is 249 g/mol. The first-order valence-corrected chi connectivity index (χ1v) is 7.51. The molecule has 0 radical (unpaired) electrons. The summed E-state index contributed by atoms with van der Waals surface area (Å²) in [7, 11) is 0. The Balaban J connectivity index is 1.98. The van der Waals surface area contributed by atoms with Gasteiger partial charge in [0, 0.05) is 18.8 Å². The molecule has 1 aliphatic rings. The first-order valence-electron chi connectivity index (χ1n) is 7.51. The molecule has 3 nitrogen and oxygen atoms in total. The molecular formula is C15H27N3. The molecule has 1 N–H and O–H groups in total. The third-order valence-corrected chi connectivity index (χ3v) is 4.11. The first-order chi connectivity index (χ1) is 8.70. The molecule has 1 unspecified atom stereocenters. The second-order valence-electron chi connectivity index (χ2n) is 5.73. The van der Waals surface area contributed by atoms with E-state index in [0.29, 0.717) is 6.04 Å². The first kappa shape index (κ1) is 13.4. The van der Waals surface area contributed by atoms with Crippen LogP contribution in [0.4, 0.5) is 5.95 Å². The molecule has 0 spiro atoms. The van der Waals surface area contributed by atoms with Crippen LogP contribution < -0.4 is 5.32 Å². The minimum atomic E-state index is 0.551. The Hall–Kier alpha value is -0.990. The third-order valence-electron chi connectivity index (χ3n) is 4.11. The maximum Gasteiger partial charge on any atom is 0.203 e. The SMILES string of the molecule is CCCCn1cc(C)nc1NC(C)C1CCCC1. The summed E-state index contributed by atoms with van der Waals surface area (Å²) in [6.45, 7) is 7.70. The van der Waals surface area contributed by atoms with Crippen LogP contribution in [-0.2, 0) is 6.54 Å². The van der Waals surface area contributed by atoms with E-state index in [1.807, 2.05) is 0 Å². The molecule has 0 bridgehead atoms. The van der Waals surface area contributed by atoms with Crippen LogP contribution in [0.25, 0.3) is 0 Å². The predicted molar refractivity (Wildman–Crippen MR) is 76.9 cm³/mol. The van der Waals surface area contributed by atoms with Crippen molar-refractivity contribution in [1.82, 2.24) is 9.55 Å². The van der Waals surface area contributed by atoms with Gasteiger partial charge in [-0.15, -0.1) is 0 Å². The summed E-state index contributed by atoms with van der Waals surface area (Å²) in [6, 6.07) is 0.551. The van der Waals surface area contributed by atoms with Crippen LogP contribution in [0.15, 0.2) is 6.20 Å². The number of hydrogen-bond acceptors (Lipinski definition) is 2. The Bertz CT molecular complexity index is 364. The number of nitrogens with one attached hydrogen (secondary N) is 1. The van der Waals surface area contributed by atoms with Crippen LogP contribution in [0.2, 0.25) is 0 Å². The lowest BCUT2D eigenvalue weighted by molar-refractivity contribution is 0.476. The van der Waals surface area contributed by atoms with Crippen molar-refractivity contribution in [3.05, 3.63) is 11.9 Å². The molecule has 1 heterocycles. The van der Waals surface area contributed by atoms with Gasteiger partial charge in [-0.25, -0.2) is 4.98 Å². The molecular weight excluding hydrogens is 222 g/mol. The summed E-state index contributed by atoms with van der Waals surface area (Å²) in [5, 5.41) is 3.63. The molecule has 1 saturated carbocycles. The lowest BCUT2D eigenvalue weighted by Gasteiger charge is -2.21. The maximum absolute atomic E-state index is 4.63. The van der Waals surface area contributed by atoms with E-state index >= 15 is 0 Å². The summed E-state index contributed by atoms with van der Waals surface area (Å²) in [5.74, 6) is 1.90. The second-order valence-corrected chi connectivity index (χ2v) is 5.73. The summed E-state index contributed by atoms with van der Waals surface area (Å²) in [5.41, 5.74) is 1.12. The van der Waals surface area contributed by atoms with E-state index in [0.717, 1.165) is 24.1 Å². The van der Waals surface area contributed by atoms with Gasteiger partial charge in [0.1, 0.15) is 0 Å².